The number of thioether (sulfide) groups is 1. The van der Waals surface area contributed by atoms with Crippen molar-refractivity contribution in [2.45, 2.75) is 6.92 Å². The molecular formula is C26H19N3O4S2. The Bertz CT molecular complexity index is 1510. The molecule has 5 rings (SSSR count). The first-order chi connectivity index (χ1) is 16.9. The molecule has 1 aromatic heterocycles. The van der Waals surface area contributed by atoms with Crippen molar-refractivity contribution >= 4 is 57.0 Å². The van der Waals surface area contributed by atoms with Gasteiger partial charge in [0.2, 0.25) is 5.88 Å². The summed E-state index contributed by atoms with van der Waals surface area (Å²) in [5, 5.41) is 15.9. The van der Waals surface area contributed by atoms with Crippen LogP contribution < -0.4 is 4.74 Å². The zero-order valence-corrected chi connectivity index (χ0v) is 20.2. The standard InChI is InChI=1S/C26H19N3O4S2/c1-16-21(14-22-24(32)28(15-23(30)31)26(34)35-22)25(29(27-16)19-9-3-2-4-10-19)33-20-12-11-17-7-5-6-8-18(17)13-20/h2-14H,15H2,1H3,(H,30,31)/b22-14-. The zero-order valence-electron chi connectivity index (χ0n) is 18.5. The molecule has 174 valence electrons. The van der Waals surface area contributed by atoms with Crippen LogP contribution >= 0.6 is 24.0 Å². The van der Waals surface area contributed by atoms with Crippen molar-refractivity contribution in [1.29, 1.82) is 0 Å². The van der Waals surface area contributed by atoms with Gasteiger partial charge in [-0.15, -0.1) is 0 Å². The van der Waals surface area contributed by atoms with Gasteiger partial charge in [0.25, 0.3) is 5.91 Å². The Hall–Kier alpha value is -3.95. The number of carbonyl (C=O) groups is 2. The van der Waals surface area contributed by atoms with E-state index in [2.05, 4.69) is 5.10 Å². The van der Waals surface area contributed by atoms with Crippen molar-refractivity contribution in [2.75, 3.05) is 6.54 Å². The minimum absolute atomic E-state index is 0.203. The molecule has 7 nitrogen and oxygen atoms in total. The fourth-order valence-corrected chi connectivity index (χ4v) is 5.01. The number of ether oxygens (including phenoxy) is 1. The Morgan fingerprint density at radius 3 is 2.54 bits per heavy atom. The normalized spacial score (nSPS) is 14.8. The molecule has 0 spiro atoms. The number of carboxylic acids is 1. The number of carbonyl (C=O) groups excluding carboxylic acids is 1. The molecule has 1 fully saturated rings. The Morgan fingerprint density at radius 1 is 1.09 bits per heavy atom. The van der Waals surface area contributed by atoms with Crippen molar-refractivity contribution in [3.63, 3.8) is 0 Å². The summed E-state index contributed by atoms with van der Waals surface area (Å²) < 4.78 is 8.27. The lowest BCUT2D eigenvalue weighted by molar-refractivity contribution is -0.140. The number of fused-ring (bicyclic) bond motifs is 1. The third-order valence-electron chi connectivity index (χ3n) is 5.44. The lowest BCUT2D eigenvalue weighted by Crippen LogP contribution is -2.33. The van der Waals surface area contributed by atoms with Crippen LogP contribution in [0.15, 0.2) is 77.7 Å². The second-order valence-corrected chi connectivity index (χ2v) is 9.50. The molecule has 9 heteroatoms. The molecule has 35 heavy (non-hydrogen) atoms. The van der Waals surface area contributed by atoms with Gasteiger partial charge in [-0.25, -0.2) is 0 Å². The molecule has 0 aliphatic carbocycles. The fraction of sp³-hybridized carbons (Fsp3) is 0.0769. The molecule has 1 aliphatic heterocycles. The highest BCUT2D eigenvalue weighted by Crippen LogP contribution is 2.38. The van der Waals surface area contributed by atoms with Crippen molar-refractivity contribution in [2.24, 2.45) is 0 Å². The number of hydrogen-bond donors (Lipinski definition) is 1. The van der Waals surface area contributed by atoms with Crippen LogP contribution in [0.2, 0.25) is 0 Å². The molecule has 1 amide bonds. The summed E-state index contributed by atoms with van der Waals surface area (Å²) in [6.07, 6.45) is 1.67. The molecule has 0 saturated carbocycles. The second kappa shape index (κ2) is 9.36. The molecule has 3 aromatic carbocycles. The number of thiocarbonyl (C=S) groups is 1. The first kappa shape index (κ1) is 22.8. The van der Waals surface area contributed by atoms with Gasteiger partial charge in [-0.1, -0.05) is 72.5 Å². The van der Waals surface area contributed by atoms with Crippen LogP contribution in [0.1, 0.15) is 11.3 Å². The number of rotatable bonds is 6. The van der Waals surface area contributed by atoms with Crippen LogP contribution in [0.5, 0.6) is 11.6 Å². The minimum Gasteiger partial charge on any atom is -0.480 e. The van der Waals surface area contributed by atoms with Gasteiger partial charge in [0.05, 0.1) is 21.8 Å². The molecule has 0 radical (unpaired) electrons. The SMILES string of the molecule is Cc1nn(-c2ccccc2)c(Oc2ccc3ccccc3c2)c1/C=C1\SC(=S)N(CC(=O)O)C1=O. The summed E-state index contributed by atoms with van der Waals surface area (Å²) in [6, 6.07) is 23.4. The van der Waals surface area contributed by atoms with Gasteiger partial charge in [-0.3, -0.25) is 14.5 Å². The molecular weight excluding hydrogens is 482 g/mol. The topological polar surface area (TPSA) is 84.7 Å². The van der Waals surface area contributed by atoms with Crippen LogP contribution in [0.4, 0.5) is 0 Å². The van der Waals surface area contributed by atoms with Crippen molar-refractivity contribution in [1.82, 2.24) is 14.7 Å². The summed E-state index contributed by atoms with van der Waals surface area (Å²) >= 11 is 6.30. The number of amides is 1. The van der Waals surface area contributed by atoms with Crippen molar-refractivity contribution in [3.8, 4) is 17.3 Å². The van der Waals surface area contributed by atoms with E-state index in [1.54, 1.807) is 10.8 Å². The average molecular weight is 502 g/mol. The Kier molecular flexibility index (Phi) is 6.10. The summed E-state index contributed by atoms with van der Waals surface area (Å²) in [6.45, 7) is 1.35. The van der Waals surface area contributed by atoms with E-state index in [1.165, 1.54) is 0 Å². The average Bonchev–Trinajstić information content (AvgIpc) is 3.30. The lowest BCUT2D eigenvalue weighted by atomic mass is 10.1. The van der Waals surface area contributed by atoms with E-state index in [0.717, 1.165) is 33.1 Å². The largest absolute Gasteiger partial charge is 0.480 e. The molecule has 2 heterocycles. The number of aryl methyl sites for hydroxylation is 1. The lowest BCUT2D eigenvalue weighted by Gasteiger charge is -2.11. The number of nitrogens with zero attached hydrogens (tertiary/aromatic N) is 3. The maximum Gasteiger partial charge on any atom is 0.323 e. The van der Waals surface area contributed by atoms with Crippen LogP contribution in [-0.2, 0) is 9.59 Å². The number of hydrogen-bond acceptors (Lipinski definition) is 6. The van der Waals surface area contributed by atoms with Gasteiger partial charge in [0.1, 0.15) is 16.6 Å². The van der Waals surface area contributed by atoms with Gasteiger partial charge in [-0.05, 0) is 48.0 Å². The first-order valence-electron chi connectivity index (χ1n) is 10.7. The number of aliphatic carboxylic acids is 1. The highest BCUT2D eigenvalue weighted by molar-refractivity contribution is 8.26. The van der Waals surface area contributed by atoms with E-state index >= 15 is 0 Å². The predicted octanol–water partition coefficient (Wildman–Crippen LogP) is 5.41. The summed E-state index contributed by atoms with van der Waals surface area (Å²) in [5.74, 6) is -0.525. The molecule has 0 bridgehead atoms. The van der Waals surface area contributed by atoms with Gasteiger partial charge < -0.3 is 9.84 Å². The summed E-state index contributed by atoms with van der Waals surface area (Å²) in [7, 11) is 0. The smallest absolute Gasteiger partial charge is 0.323 e. The van der Waals surface area contributed by atoms with Crippen LogP contribution in [0, 0.1) is 6.92 Å². The monoisotopic (exact) mass is 501 g/mol. The van der Waals surface area contributed by atoms with Crippen LogP contribution in [-0.4, -0.2) is 42.5 Å². The quantitative estimate of drug-likeness (QED) is 0.279. The number of aromatic nitrogens is 2. The fourth-order valence-electron chi connectivity index (χ4n) is 3.77. The maximum atomic E-state index is 12.9. The summed E-state index contributed by atoms with van der Waals surface area (Å²) in [5.41, 5.74) is 2.05. The molecule has 1 N–H and O–H groups in total. The van der Waals surface area contributed by atoms with E-state index in [-0.39, 0.29) is 4.32 Å². The van der Waals surface area contributed by atoms with E-state index < -0.39 is 18.4 Å². The Labute approximate surface area is 210 Å². The Morgan fingerprint density at radius 2 is 1.80 bits per heavy atom. The van der Waals surface area contributed by atoms with Gasteiger partial charge >= 0.3 is 5.97 Å². The first-order valence-corrected chi connectivity index (χ1v) is 11.9. The highest BCUT2D eigenvalue weighted by atomic mass is 32.2. The van der Waals surface area contributed by atoms with Gasteiger partial charge in [0.15, 0.2) is 0 Å². The predicted molar refractivity (Wildman–Crippen MR) is 140 cm³/mol. The van der Waals surface area contributed by atoms with Gasteiger partial charge in [-0.2, -0.15) is 9.78 Å². The third kappa shape index (κ3) is 4.55. The Balaban J connectivity index is 1.60. The maximum absolute atomic E-state index is 12.9. The number of carboxylic acid groups (broad SMARTS) is 1. The number of para-hydroxylation sites is 1. The van der Waals surface area contributed by atoms with Gasteiger partial charge in [0, 0.05) is 0 Å². The third-order valence-corrected chi connectivity index (χ3v) is 6.82. The van der Waals surface area contributed by atoms with E-state index in [1.807, 2.05) is 79.7 Å². The highest BCUT2D eigenvalue weighted by Gasteiger charge is 2.34. The van der Waals surface area contributed by atoms with Crippen LogP contribution in [0.25, 0.3) is 22.5 Å². The van der Waals surface area contributed by atoms with E-state index in [0.29, 0.717) is 27.8 Å². The molecule has 0 atom stereocenters. The van der Waals surface area contributed by atoms with Crippen LogP contribution in [0.3, 0.4) is 0 Å². The molecule has 0 unspecified atom stereocenters. The van der Waals surface area contributed by atoms with E-state index in [9.17, 15) is 9.59 Å². The number of benzene rings is 3. The molecule has 4 aromatic rings. The van der Waals surface area contributed by atoms with E-state index in [4.69, 9.17) is 22.1 Å². The second-order valence-electron chi connectivity index (χ2n) is 7.82. The zero-order chi connectivity index (χ0) is 24.5. The molecule has 1 aliphatic rings. The van der Waals surface area contributed by atoms with Crippen molar-refractivity contribution in [3.05, 3.63) is 89.0 Å². The minimum atomic E-state index is -1.13. The van der Waals surface area contributed by atoms with Crippen molar-refractivity contribution < 1.29 is 19.4 Å². The summed E-state index contributed by atoms with van der Waals surface area (Å²) in [4.78, 5) is 25.4. The molecule has 1 saturated heterocycles.